The van der Waals surface area contributed by atoms with E-state index in [-0.39, 0.29) is 24.1 Å². The van der Waals surface area contributed by atoms with Crippen LogP contribution in [0.15, 0.2) is 11.8 Å². The number of nitriles is 1. The zero-order valence-electron chi connectivity index (χ0n) is 9.91. The van der Waals surface area contributed by atoms with Crippen LogP contribution in [0.1, 0.15) is 32.1 Å². The minimum absolute atomic E-state index is 0.0283. The summed E-state index contributed by atoms with van der Waals surface area (Å²) in [5.74, 6) is -0.329. The molecule has 94 valence electrons. The first-order valence-electron chi connectivity index (χ1n) is 6.03. The molecule has 1 rings (SSSR count). The van der Waals surface area contributed by atoms with Crippen molar-refractivity contribution in [3.05, 3.63) is 11.8 Å². The predicted molar refractivity (Wildman–Crippen MR) is 63.8 cm³/mol. The topological polar surface area (TPSA) is 85.2 Å². The Morgan fingerprint density at radius 2 is 2.12 bits per heavy atom. The number of hydrogen-bond donors (Lipinski definition) is 3. The van der Waals surface area contributed by atoms with Crippen LogP contribution in [-0.2, 0) is 4.79 Å². The monoisotopic (exact) mass is 237 g/mol. The summed E-state index contributed by atoms with van der Waals surface area (Å²) in [5.41, 5.74) is 0.0593. The quantitative estimate of drug-likeness (QED) is 0.367. The Labute approximate surface area is 102 Å². The number of hydrogen-bond acceptors (Lipinski definition) is 4. The lowest BCUT2D eigenvalue weighted by molar-refractivity contribution is -0.118. The molecule has 1 amide bonds. The molecular weight excluding hydrogens is 218 g/mol. The van der Waals surface area contributed by atoms with Crippen LogP contribution in [0.25, 0.3) is 0 Å². The number of aliphatic hydroxyl groups is 1. The van der Waals surface area contributed by atoms with E-state index in [1.807, 2.05) is 6.07 Å². The second-order valence-electron chi connectivity index (χ2n) is 4.16. The van der Waals surface area contributed by atoms with Gasteiger partial charge in [-0.05, 0) is 12.8 Å². The Balaban J connectivity index is 2.43. The molecule has 0 atom stereocenters. The third-order valence-electron chi connectivity index (χ3n) is 2.81. The summed E-state index contributed by atoms with van der Waals surface area (Å²) in [7, 11) is 0. The van der Waals surface area contributed by atoms with Crippen LogP contribution in [0.5, 0.6) is 0 Å². The van der Waals surface area contributed by atoms with Crippen molar-refractivity contribution in [1.82, 2.24) is 10.6 Å². The minimum Gasteiger partial charge on any atom is -0.395 e. The molecule has 0 heterocycles. The van der Waals surface area contributed by atoms with Crippen molar-refractivity contribution in [3.63, 3.8) is 0 Å². The summed E-state index contributed by atoms with van der Waals surface area (Å²) >= 11 is 0. The first-order valence-corrected chi connectivity index (χ1v) is 6.03. The van der Waals surface area contributed by atoms with Gasteiger partial charge in [-0.1, -0.05) is 19.3 Å². The van der Waals surface area contributed by atoms with Crippen LogP contribution < -0.4 is 10.6 Å². The van der Waals surface area contributed by atoms with Gasteiger partial charge < -0.3 is 15.7 Å². The van der Waals surface area contributed by atoms with E-state index in [2.05, 4.69) is 10.6 Å². The number of rotatable bonds is 5. The molecule has 0 aromatic heterocycles. The van der Waals surface area contributed by atoms with Crippen molar-refractivity contribution in [3.8, 4) is 6.07 Å². The SMILES string of the molecule is N#C/C(=C/NCCO)C(=O)NC1CCCCC1. The number of nitrogens with one attached hydrogen (secondary N) is 2. The molecule has 17 heavy (non-hydrogen) atoms. The Bertz CT molecular complexity index is 314. The van der Waals surface area contributed by atoms with Crippen LogP contribution in [0.3, 0.4) is 0 Å². The van der Waals surface area contributed by atoms with Gasteiger partial charge >= 0.3 is 0 Å². The molecule has 0 spiro atoms. The Morgan fingerprint density at radius 3 is 2.71 bits per heavy atom. The molecule has 0 radical (unpaired) electrons. The number of amides is 1. The lowest BCUT2D eigenvalue weighted by atomic mass is 9.95. The van der Waals surface area contributed by atoms with Crippen molar-refractivity contribution in [1.29, 1.82) is 5.26 Å². The smallest absolute Gasteiger partial charge is 0.263 e. The highest BCUT2D eigenvalue weighted by Crippen LogP contribution is 2.17. The van der Waals surface area contributed by atoms with Gasteiger partial charge in [-0.3, -0.25) is 4.79 Å². The van der Waals surface area contributed by atoms with Crippen molar-refractivity contribution < 1.29 is 9.90 Å². The minimum atomic E-state index is -0.329. The highest BCUT2D eigenvalue weighted by atomic mass is 16.3. The van der Waals surface area contributed by atoms with E-state index in [1.54, 1.807) is 0 Å². The Kier molecular flexibility index (Phi) is 6.12. The molecule has 0 saturated heterocycles. The molecule has 0 aromatic carbocycles. The van der Waals surface area contributed by atoms with E-state index in [4.69, 9.17) is 10.4 Å². The van der Waals surface area contributed by atoms with E-state index in [0.717, 1.165) is 25.7 Å². The third kappa shape index (κ3) is 4.87. The normalized spacial score (nSPS) is 17.3. The first-order chi connectivity index (χ1) is 8.27. The number of carbonyl (C=O) groups excluding carboxylic acids is 1. The van der Waals surface area contributed by atoms with Gasteiger partial charge in [0.25, 0.3) is 5.91 Å². The van der Waals surface area contributed by atoms with Crippen LogP contribution in [0, 0.1) is 11.3 Å². The Hall–Kier alpha value is -1.54. The van der Waals surface area contributed by atoms with Crippen molar-refractivity contribution >= 4 is 5.91 Å². The second kappa shape index (κ2) is 7.69. The largest absolute Gasteiger partial charge is 0.395 e. The third-order valence-corrected chi connectivity index (χ3v) is 2.81. The van der Waals surface area contributed by atoms with E-state index in [0.29, 0.717) is 6.54 Å². The standard InChI is InChI=1S/C12H19N3O2/c13-8-10(9-14-6-7-16)12(17)15-11-4-2-1-3-5-11/h9,11,14,16H,1-7H2,(H,15,17)/b10-9-. The molecule has 1 aliphatic rings. The highest BCUT2D eigenvalue weighted by molar-refractivity contribution is 5.97. The van der Waals surface area contributed by atoms with Gasteiger partial charge in [0.05, 0.1) is 6.61 Å². The summed E-state index contributed by atoms with van der Waals surface area (Å²) in [6.07, 6.45) is 6.85. The first kappa shape index (κ1) is 13.5. The van der Waals surface area contributed by atoms with E-state index >= 15 is 0 Å². The van der Waals surface area contributed by atoms with Crippen LogP contribution >= 0.6 is 0 Å². The van der Waals surface area contributed by atoms with E-state index in [9.17, 15) is 4.79 Å². The summed E-state index contributed by atoms with van der Waals surface area (Å²) in [5, 5.41) is 23.0. The van der Waals surface area contributed by atoms with Gasteiger partial charge in [0.15, 0.2) is 0 Å². The zero-order valence-corrected chi connectivity index (χ0v) is 9.91. The molecular formula is C12H19N3O2. The summed E-state index contributed by atoms with van der Waals surface area (Å²) < 4.78 is 0. The van der Waals surface area contributed by atoms with Gasteiger partial charge in [-0.15, -0.1) is 0 Å². The van der Waals surface area contributed by atoms with Gasteiger partial charge in [-0.2, -0.15) is 5.26 Å². The molecule has 5 heteroatoms. The fourth-order valence-corrected chi connectivity index (χ4v) is 1.90. The molecule has 0 aromatic rings. The van der Waals surface area contributed by atoms with Crippen LogP contribution in [0.2, 0.25) is 0 Å². The Morgan fingerprint density at radius 1 is 1.41 bits per heavy atom. The number of aliphatic hydroxyl groups excluding tert-OH is 1. The fourth-order valence-electron chi connectivity index (χ4n) is 1.90. The van der Waals surface area contributed by atoms with Crippen molar-refractivity contribution in [2.24, 2.45) is 0 Å². The average Bonchev–Trinajstić information content (AvgIpc) is 2.36. The van der Waals surface area contributed by atoms with E-state index < -0.39 is 0 Å². The molecule has 0 unspecified atom stereocenters. The van der Waals surface area contributed by atoms with Gasteiger partial charge in [-0.25, -0.2) is 0 Å². The maximum atomic E-state index is 11.7. The molecule has 1 fully saturated rings. The predicted octanol–water partition coefficient (Wildman–Crippen LogP) is 0.425. The number of carbonyl (C=O) groups is 1. The van der Waals surface area contributed by atoms with Gasteiger partial charge in [0.2, 0.25) is 0 Å². The highest BCUT2D eigenvalue weighted by Gasteiger charge is 2.17. The molecule has 0 aliphatic heterocycles. The summed E-state index contributed by atoms with van der Waals surface area (Å²) in [4.78, 5) is 11.7. The zero-order chi connectivity index (χ0) is 12.5. The maximum Gasteiger partial charge on any atom is 0.263 e. The van der Waals surface area contributed by atoms with E-state index in [1.165, 1.54) is 12.6 Å². The molecule has 0 bridgehead atoms. The summed E-state index contributed by atoms with van der Waals surface area (Å²) in [6, 6.07) is 2.06. The van der Waals surface area contributed by atoms with Crippen molar-refractivity contribution in [2.45, 2.75) is 38.1 Å². The molecule has 5 nitrogen and oxygen atoms in total. The average molecular weight is 237 g/mol. The second-order valence-corrected chi connectivity index (χ2v) is 4.16. The summed E-state index contributed by atoms with van der Waals surface area (Å²) in [6.45, 7) is 0.307. The van der Waals surface area contributed by atoms with Crippen molar-refractivity contribution in [2.75, 3.05) is 13.2 Å². The van der Waals surface area contributed by atoms with Crippen LogP contribution in [0.4, 0.5) is 0 Å². The lowest BCUT2D eigenvalue weighted by Gasteiger charge is -2.22. The molecule has 1 aliphatic carbocycles. The maximum absolute atomic E-state index is 11.7. The lowest BCUT2D eigenvalue weighted by Crippen LogP contribution is -2.37. The fraction of sp³-hybridized carbons (Fsp3) is 0.667. The van der Waals surface area contributed by atoms with Crippen LogP contribution in [-0.4, -0.2) is 30.2 Å². The number of nitrogens with zero attached hydrogens (tertiary/aromatic N) is 1. The molecule has 3 N–H and O–H groups in total. The van der Waals surface area contributed by atoms with Gasteiger partial charge in [0.1, 0.15) is 11.6 Å². The van der Waals surface area contributed by atoms with Gasteiger partial charge in [0, 0.05) is 18.8 Å². The molecule has 1 saturated carbocycles.